The Morgan fingerprint density at radius 3 is 2.65 bits per heavy atom. The first kappa shape index (κ1) is 13.8. The number of nitrogens with one attached hydrogen (secondary N) is 1. The number of benzene rings is 1. The Balaban J connectivity index is 2.01. The molecule has 5 nitrogen and oxygen atoms in total. The lowest BCUT2D eigenvalue weighted by atomic mass is 10.2. The van der Waals surface area contributed by atoms with Gasteiger partial charge < -0.3 is 10.1 Å². The van der Waals surface area contributed by atoms with Crippen LogP contribution in [-0.2, 0) is 13.0 Å². The van der Waals surface area contributed by atoms with Crippen LogP contribution >= 0.6 is 0 Å². The fourth-order valence-corrected chi connectivity index (χ4v) is 1.77. The second kappa shape index (κ2) is 6.53. The third-order valence-corrected chi connectivity index (χ3v) is 2.73. The normalized spacial score (nSPS) is 9.85. The highest BCUT2D eigenvalue weighted by Gasteiger charge is 2.03. The van der Waals surface area contributed by atoms with E-state index in [1.807, 2.05) is 44.3 Å². The molecule has 0 spiro atoms. The summed E-state index contributed by atoms with van der Waals surface area (Å²) in [4.78, 5) is 8.65. The maximum atomic E-state index is 8.61. The zero-order valence-corrected chi connectivity index (χ0v) is 11.6. The van der Waals surface area contributed by atoms with Gasteiger partial charge in [0, 0.05) is 18.8 Å². The quantitative estimate of drug-likeness (QED) is 0.902. The minimum atomic E-state index is 0.313. The first-order valence-electron chi connectivity index (χ1n) is 6.32. The van der Waals surface area contributed by atoms with Crippen molar-refractivity contribution < 1.29 is 4.74 Å². The van der Waals surface area contributed by atoms with Crippen molar-refractivity contribution in [3.63, 3.8) is 0 Å². The number of anilines is 1. The van der Waals surface area contributed by atoms with Crippen molar-refractivity contribution in [1.29, 1.82) is 5.26 Å². The number of rotatable bonds is 5. The minimum Gasteiger partial charge on any atom is -0.486 e. The van der Waals surface area contributed by atoms with Crippen molar-refractivity contribution in [2.45, 2.75) is 20.0 Å². The monoisotopic (exact) mass is 268 g/mol. The van der Waals surface area contributed by atoms with Crippen molar-refractivity contribution in [3.8, 4) is 11.8 Å². The lowest BCUT2D eigenvalue weighted by Crippen LogP contribution is -2.05. The third-order valence-electron chi connectivity index (χ3n) is 2.73. The third kappa shape index (κ3) is 3.69. The van der Waals surface area contributed by atoms with Crippen LogP contribution in [0, 0.1) is 18.3 Å². The summed E-state index contributed by atoms with van der Waals surface area (Å²) in [5, 5.41) is 11.6. The van der Waals surface area contributed by atoms with Crippen LogP contribution in [0.15, 0.2) is 30.3 Å². The van der Waals surface area contributed by atoms with E-state index in [1.54, 1.807) is 0 Å². The lowest BCUT2D eigenvalue weighted by molar-refractivity contribution is 0.295. The largest absolute Gasteiger partial charge is 0.486 e. The fraction of sp³-hybridized carbons (Fsp3) is 0.267. The van der Waals surface area contributed by atoms with Crippen molar-refractivity contribution in [2.24, 2.45) is 0 Å². The molecule has 0 amide bonds. The van der Waals surface area contributed by atoms with Crippen LogP contribution in [0.3, 0.4) is 0 Å². The Labute approximate surface area is 118 Å². The average Bonchev–Trinajstić information content (AvgIpc) is 2.46. The van der Waals surface area contributed by atoms with Crippen LogP contribution in [0.4, 0.5) is 5.82 Å². The number of aryl methyl sites for hydroxylation is 1. The Hall–Kier alpha value is -2.61. The van der Waals surface area contributed by atoms with Gasteiger partial charge >= 0.3 is 0 Å². The second-order valence-corrected chi connectivity index (χ2v) is 4.33. The number of aromatic nitrogens is 2. The van der Waals surface area contributed by atoms with Gasteiger partial charge in [0.25, 0.3) is 0 Å². The van der Waals surface area contributed by atoms with E-state index in [-0.39, 0.29) is 0 Å². The average molecular weight is 268 g/mol. The van der Waals surface area contributed by atoms with E-state index in [9.17, 15) is 0 Å². The van der Waals surface area contributed by atoms with Crippen molar-refractivity contribution in [3.05, 3.63) is 47.4 Å². The molecule has 1 heterocycles. The van der Waals surface area contributed by atoms with Crippen LogP contribution in [-0.4, -0.2) is 17.0 Å². The Kier molecular flexibility index (Phi) is 4.51. The van der Waals surface area contributed by atoms with E-state index in [0.29, 0.717) is 18.9 Å². The molecule has 1 aromatic carbocycles. The molecule has 20 heavy (non-hydrogen) atoms. The van der Waals surface area contributed by atoms with E-state index in [0.717, 1.165) is 22.8 Å². The molecule has 0 unspecified atom stereocenters. The molecule has 1 aromatic heterocycles. The van der Waals surface area contributed by atoms with Crippen molar-refractivity contribution in [2.75, 3.05) is 12.4 Å². The standard InChI is InChI=1S/C15H16N4O/c1-11-9-14(17-2)19-15(18-11)10-20-13-5-3-12(4-6-13)7-8-16/h3-6,9H,7,10H2,1-2H3,(H,17,18,19). The van der Waals surface area contributed by atoms with E-state index in [1.165, 1.54) is 0 Å². The minimum absolute atomic E-state index is 0.313. The van der Waals surface area contributed by atoms with Gasteiger partial charge in [-0.2, -0.15) is 5.26 Å². The smallest absolute Gasteiger partial charge is 0.168 e. The molecule has 1 N–H and O–H groups in total. The summed E-state index contributed by atoms with van der Waals surface area (Å²) in [6, 6.07) is 11.5. The predicted octanol–water partition coefficient (Wildman–Crippen LogP) is 2.47. The van der Waals surface area contributed by atoms with Crippen molar-refractivity contribution in [1.82, 2.24) is 9.97 Å². The van der Waals surface area contributed by atoms with Crippen LogP contribution in [0.2, 0.25) is 0 Å². The van der Waals surface area contributed by atoms with E-state index >= 15 is 0 Å². The molecule has 0 radical (unpaired) electrons. The fourth-order valence-electron chi connectivity index (χ4n) is 1.77. The summed E-state index contributed by atoms with van der Waals surface area (Å²) < 4.78 is 5.64. The Morgan fingerprint density at radius 1 is 1.25 bits per heavy atom. The zero-order valence-electron chi connectivity index (χ0n) is 11.6. The van der Waals surface area contributed by atoms with Gasteiger partial charge in [0.1, 0.15) is 18.2 Å². The predicted molar refractivity (Wildman–Crippen MR) is 76.4 cm³/mol. The summed E-state index contributed by atoms with van der Waals surface area (Å²) in [7, 11) is 1.82. The molecule has 0 bridgehead atoms. The van der Waals surface area contributed by atoms with Gasteiger partial charge in [0.2, 0.25) is 0 Å². The highest BCUT2D eigenvalue weighted by atomic mass is 16.5. The first-order chi connectivity index (χ1) is 9.71. The molecule has 2 aromatic rings. The molecular formula is C15H16N4O. The SMILES string of the molecule is CNc1cc(C)nc(COc2ccc(CC#N)cc2)n1. The van der Waals surface area contributed by atoms with E-state index < -0.39 is 0 Å². The number of nitriles is 1. The summed E-state index contributed by atoms with van der Waals surface area (Å²) in [5.74, 6) is 2.15. The number of hydrogen-bond donors (Lipinski definition) is 1. The van der Waals surface area contributed by atoms with Gasteiger partial charge in [0.15, 0.2) is 5.82 Å². The topological polar surface area (TPSA) is 70.8 Å². The second-order valence-electron chi connectivity index (χ2n) is 4.33. The number of nitrogens with zero attached hydrogens (tertiary/aromatic N) is 3. The van der Waals surface area contributed by atoms with Gasteiger partial charge in [0.05, 0.1) is 12.5 Å². The van der Waals surface area contributed by atoms with Crippen LogP contribution in [0.1, 0.15) is 17.1 Å². The molecule has 0 saturated carbocycles. The first-order valence-corrected chi connectivity index (χ1v) is 6.32. The highest BCUT2D eigenvalue weighted by molar-refractivity contribution is 5.34. The van der Waals surface area contributed by atoms with E-state index in [4.69, 9.17) is 10.00 Å². The molecule has 102 valence electrons. The maximum Gasteiger partial charge on any atom is 0.168 e. The van der Waals surface area contributed by atoms with Crippen LogP contribution < -0.4 is 10.1 Å². The van der Waals surface area contributed by atoms with Gasteiger partial charge in [-0.3, -0.25) is 0 Å². The summed E-state index contributed by atoms with van der Waals surface area (Å²) in [6.45, 7) is 2.23. The van der Waals surface area contributed by atoms with E-state index in [2.05, 4.69) is 21.4 Å². The number of ether oxygens (including phenoxy) is 1. The van der Waals surface area contributed by atoms with Gasteiger partial charge in [-0.05, 0) is 24.6 Å². The summed E-state index contributed by atoms with van der Waals surface area (Å²) >= 11 is 0. The van der Waals surface area contributed by atoms with Crippen molar-refractivity contribution >= 4 is 5.82 Å². The van der Waals surface area contributed by atoms with Crippen LogP contribution in [0.5, 0.6) is 5.75 Å². The molecule has 2 rings (SSSR count). The molecular weight excluding hydrogens is 252 g/mol. The maximum absolute atomic E-state index is 8.61. The molecule has 0 fully saturated rings. The molecule has 0 aliphatic heterocycles. The van der Waals surface area contributed by atoms with Crippen LogP contribution in [0.25, 0.3) is 0 Å². The summed E-state index contributed by atoms with van der Waals surface area (Å²) in [6.07, 6.45) is 0.410. The Bertz CT molecular complexity index is 617. The molecule has 0 saturated heterocycles. The Morgan fingerprint density at radius 2 is 2.00 bits per heavy atom. The van der Waals surface area contributed by atoms with Gasteiger partial charge in [-0.15, -0.1) is 0 Å². The van der Waals surface area contributed by atoms with Gasteiger partial charge in [-0.25, -0.2) is 9.97 Å². The molecule has 0 aliphatic rings. The lowest BCUT2D eigenvalue weighted by Gasteiger charge is -2.08. The zero-order chi connectivity index (χ0) is 14.4. The molecule has 5 heteroatoms. The highest BCUT2D eigenvalue weighted by Crippen LogP contribution is 2.14. The van der Waals surface area contributed by atoms with Gasteiger partial charge in [-0.1, -0.05) is 12.1 Å². The summed E-state index contributed by atoms with van der Waals surface area (Å²) in [5.41, 5.74) is 1.87. The molecule has 0 aliphatic carbocycles. The molecule has 0 atom stereocenters. The number of hydrogen-bond acceptors (Lipinski definition) is 5.